The summed E-state index contributed by atoms with van der Waals surface area (Å²) < 4.78 is 5.80. The Bertz CT molecular complexity index is 1220. The quantitative estimate of drug-likeness (QED) is 0.212. The second kappa shape index (κ2) is 13.3. The largest absolute Gasteiger partial charge is 0.494 e. The van der Waals surface area contributed by atoms with Gasteiger partial charge in [0.15, 0.2) is 5.78 Å². The molecule has 0 spiro atoms. The summed E-state index contributed by atoms with van der Waals surface area (Å²) in [5.41, 5.74) is 4.55. The van der Waals surface area contributed by atoms with Gasteiger partial charge in [-0.1, -0.05) is 36.4 Å². The minimum atomic E-state index is -1.17. The average molecular weight is 482 g/mol. The lowest BCUT2D eigenvalue weighted by atomic mass is 10.00. The standard InChI is InChI=1S/C30H31N3O3/c34-29(25-7-2-1-3-8-25)30(35)26-10-13-28(14-11-26)36-19-5-17-32-22-24-15-18-33-27(20-24)12-9-23-6-4-16-31-21-23/h1-4,6-8,10-11,13-16,18,20-21,29,32,34H,5,9,12,17,19,22H2. The number of pyridine rings is 2. The first-order valence-corrected chi connectivity index (χ1v) is 12.2. The van der Waals surface area contributed by atoms with Crippen LogP contribution in [0.5, 0.6) is 5.75 Å². The summed E-state index contributed by atoms with van der Waals surface area (Å²) >= 11 is 0. The zero-order chi connectivity index (χ0) is 25.0. The van der Waals surface area contributed by atoms with Gasteiger partial charge in [-0.2, -0.15) is 0 Å². The zero-order valence-electron chi connectivity index (χ0n) is 20.2. The summed E-state index contributed by atoms with van der Waals surface area (Å²) in [6.07, 6.45) is 7.07. The first-order valence-electron chi connectivity index (χ1n) is 12.2. The molecule has 2 aromatic heterocycles. The van der Waals surface area contributed by atoms with E-state index in [9.17, 15) is 9.90 Å². The number of hydrogen-bond donors (Lipinski definition) is 2. The molecule has 1 unspecified atom stereocenters. The third-order valence-electron chi connectivity index (χ3n) is 5.87. The van der Waals surface area contributed by atoms with E-state index < -0.39 is 6.10 Å². The number of carbonyl (C=O) groups excluding carboxylic acids is 1. The number of ketones is 1. The smallest absolute Gasteiger partial charge is 0.195 e. The van der Waals surface area contributed by atoms with Crippen LogP contribution in [0.4, 0.5) is 0 Å². The molecule has 0 bridgehead atoms. The van der Waals surface area contributed by atoms with Crippen LogP contribution in [-0.2, 0) is 19.4 Å². The van der Waals surface area contributed by atoms with Crippen LogP contribution in [0.3, 0.4) is 0 Å². The van der Waals surface area contributed by atoms with Crippen molar-refractivity contribution in [2.24, 2.45) is 0 Å². The molecule has 4 rings (SSSR count). The van der Waals surface area contributed by atoms with Crippen LogP contribution < -0.4 is 10.1 Å². The summed E-state index contributed by atoms with van der Waals surface area (Å²) in [6.45, 7) is 2.18. The number of Topliss-reactive ketones (excluding diaryl/α,β-unsaturated/α-hetero) is 1. The van der Waals surface area contributed by atoms with Crippen molar-refractivity contribution in [1.82, 2.24) is 15.3 Å². The van der Waals surface area contributed by atoms with E-state index in [1.807, 2.05) is 30.6 Å². The van der Waals surface area contributed by atoms with Gasteiger partial charge in [0.25, 0.3) is 0 Å². The van der Waals surface area contributed by atoms with Crippen molar-refractivity contribution < 1.29 is 14.6 Å². The highest BCUT2D eigenvalue weighted by molar-refractivity contribution is 5.99. The third kappa shape index (κ3) is 7.57. The van der Waals surface area contributed by atoms with Gasteiger partial charge >= 0.3 is 0 Å². The Kier molecular flexibility index (Phi) is 9.31. The summed E-state index contributed by atoms with van der Waals surface area (Å²) in [5.74, 6) is 0.376. The topological polar surface area (TPSA) is 84.3 Å². The van der Waals surface area contributed by atoms with E-state index in [0.717, 1.165) is 38.0 Å². The summed E-state index contributed by atoms with van der Waals surface area (Å²) in [5, 5.41) is 13.8. The van der Waals surface area contributed by atoms with Gasteiger partial charge in [-0.25, -0.2) is 0 Å². The number of nitrogens with zero attached hydrogens (tertiary/aromatic N) is 2. The molecule has 6 heteroatoms. The van der Waals surface area contributed by atoms with Crippen molar-refractivity contribution in [2.45, 2.75) is 31.9 Å². The predicted octanol–water partition coefficient (Wildman–Crippen LogP) is 4.74. The van der Waals surface area contributed by atoms with Crippen molar-refractivity contribution in [3.63, 3.8) is 0 Å². The molecule has 184 valence electrons. The molecule has 1 atom stereocenters. The molecule has 0 saturated carbocycles. The SMILES string of the molecule is O=C(c1ccc(OCCCNCc2ccnc(CCc3cccnc3)c2)cc1)C(O)c1ccccc1. The van der Waals surface area contributed by atoms with Crippen LogP contribution in [0, 0.1) is 0 Å². The Hall–Kier alpha value is -3.87. The molecule has 0 fully saturated rings. The zero-order valence-corrected chi connectivity index (χ0v) is 20.2. The summed E-state index contributed by atoms with van der Waals surface area (Å²) in [4.78, 5) is 21.2. The van der Waals surface area contributed by atoms with Gasteiger partial charge in [0.2, 0.25) is 0 Å². The monoisotopic (exact) mass is 481 g/mol. The van der Waals surface area contributed by atoms with Crippen molar-refractivity contribution in [3.8, 4) is 5.75 Å². The van der Waals surface area contributed by atoms with Gasteiger partial charge < -0.3 is 15.2 Å². The van der Waals surface area contributed by atoms with Crippen LogP contribution in [0.2, 0.25) is 0 Å². The van der Waals surface area contributed by atoms with E-state index in [0.29, 0.717) is 23.5 Å². The van der Waals surface area contributed by atoms with E-state index in [2.05, 4.69) is 27.4 Å². The fourth-order valence-corrected chi connectivity index (χ4v) is 3.87. The number of aromatic nitrogens is 2. The number of carbonyl (C=O) groups is 1. The molecule has 2 heterocycles. The maximum absolute atomic E-state index is 12.5. The lowest BCUT2D eigenvalue weighted by molar-refractivity contribution is 0.0747. The Morgan fingerprint density at radius 3 is 2.53 bits per heavy atom. The predicted molar refractivity (Wildman–Crippen MR) is 140 cm³/mol. The molecule has 36 heavy (non-hydrogen) atoms. The number of nitrogens with one attached hydrogen (secondary N) is 1. The minimum Gasteiger partial charge on any atom is -0.494 e. The second-order valence-corrected chi connectivity index (χ2v) is 8.60. The Morgan fingerprint density at radius 2 is 1.75 bits per heavy atom. The van der Waals surface area contributed by atoms with Gasteiger partial charge in [0.1, 0.15) is 11.9 Å². The van der Waals surface area contributed by atoms with Crippen LogP contribution >= 0.6 is 0 Å². The fourth-order valence-electron chi connectivity index (χ4n) is 3.87. The minimum absolute atomic E-state index is 0.326. The van der Waals surface area contributed by atoms with Gasteiger partial charge in [0, 0.05) is 36.4 Å². The molecule has 4 aromatic rings. The van der Waals surface area contributed by atoms with Crippen LogP contribution in [-0.4, -0.2) is 34.0 Å². The fraction of sp³-hybridized carbons (Fsp3) is 0.233. The first kappa shape index (κ1) is 25.2. The lowest BCUT2D eigenvalue weighted by Gasteiger charge is -2.11. The molecule has 0 aliphatic rings. The molecular formula is C30H31N3O3. The normalized spacial score (nSPS) is 11.7. The highest BCUT2D eigenvalue weighted by Crippen LogP contribution is 2.20. The number of ether oxygens (including phenoxy) is 1. The molecule has 0 radical (unpaired) electrons. The van der Waals surface area contributed by atoms with Crippen LogP contribution in [0.25, 0.3) is 0 Å². The van der Waals surface area contributed by atoms with Crippen molar-refractivity contribution in [3.05, 3.63) is 125 Å². The van der Waals surface area contributed by atoms with Crippen molar-refractivity contribution >= 4 is 5.78 Å². The Morgan fingerprint density at radius 1 is 0.917 bits per heavy atom. The summed E-state index contributed by atoms with van der Waals surface area (Å²) in [7, 11) is 0. The van der Waals surface area contributed by atoms with E-state index >= 15 is 0 Å². The second-order valence-electron chi connectivity index (χ2n) is 8.60. The highest BCUT2D eigenvalue weighted by Gasteiger charge is 2.18. The molecule has 0 amide bonds. The van der Waals surface area contributed by atoms with Crippen molar-refractivity contribution in [2.75, 3.05) is 13.2 Å². The molecule has 0 saturated heterocycles. The third-order valence-corrected chi connectivity index (χ3v) is 5.87. The maximum atomic E-state index is 12.5. The highest BCUT2D eigenvalue weighted by atomic mass is 16.5. The Balaban J connectivity index is 1.14. The van der Waals surface area contributed by atoms with E-state index in [4.69, 9.17) is 4.74 Å². The van der Waals surface area contributed by atoms with Gasteiger partial charge in [-0.05, 0) is 85.0 Å². The molecule has 0 aliphatic heterocycles. The number of aliphatic hydroxyl groups is 1. The van der Waals surface area contributed by atoms with E-state index in [1.165, 1.54) is 11.1 Å². The number of aliphatic hydroxyl groups excluding tert-OH is 1. The molecular weight excluding hydrogens is 450 g/mol. The maximum Gasteiger partial charge on any atom is 0.195 e. The van der Waals surface area contributed by atoms with Gasteiger partial charge in [-0.3, -0.25) is 14.8 Å². The van der Waals surface area contributed by atoms with Gasteiger partial charge in [0.05, 0.1) is 6.61 Å². The van der Waals surface area contributed by atoms with E-state index in [1.54, 1.807) is 54.7 Å². The van der Waals surface area contributed by atoms with E-state index in [-0.39, 0.29) is 5.78 Å². The van der Waals surface area contributed by atoms with Gasteiger partial charge in [-0.15, -0.1) is 0 Å². The lowest BCUT2D eigenvalue weighted by Crippen LogP contribution is -2.17. The Labute approximate surface area is 212 Å². The number of aryl methyl sites for hydroxylation is 2. The molecule has 2 N–H and O–H groups in total. The number of rotatable bonds is 13. The molecule has 0 aliphatic carbocycles. The number of benzene rings is 2. The van der Waals surface area contributed by atoms with Crippen LogP contribution in [0.15, 0.2) is 97.5 Å². The van der Waals surface area contributed by atoms with Crippen LogP contribution in [0.1, 0.15) is 45.3 Å². The average Bonchev–Trinajstić information content (AvgIpc) is 2.94. The molecule has 2 aromatic carbocycles. The van der Waals surface area contributed by atoms with Crippen molar-refractivity contribution in [1.29, 1.82) is 0 Å². The first-order chi connectivity index (χ1) is 17.7. The number of hydrogen-bond acceptors (Lipinski definition) is 6. The summed E-state index contributed by atoms with van der Waals surface area (Å²) in [6, 6.07) is 24.1. The molecule has 6 nitrogen and oxygen atoms in total.